The fraction of sp³-hybridized carbons (Fsp3) is 0.835. The Labute approximate surface area is 770 Å². The van der Waals surface area contributed by atoms with Crippen LogP contribution in [0.5, 0.6) is 11.5 Å². The number of aryl methyl sites for hydroxylation is 6. The standard InChI is InChI=1S/C13H20O.C12H18O.C11H16S.C9H20O.3C8H18O.4C7H16O.2C6H14O/c1-10-6-11(2)8-12(7-10)14-9-13(3,4)5;1-9-6-10(2)8-11(7-9)13-12(3,4)5;1-8(2)12-11-6-9(3)5-10(4)7-11;1-6-8(2)10-7-9(3,4)5;1-7(2)9-6-8(3,4)5;1-6-7(2)9-8(3,4)5;1-5-6-9-7-8(2,3)4;1-6(2)8-7(3,4)5;1-5-8-6-7(2,3)4;1-5-6-8-7(2,3)4;1-5-7(4)8-6(2)3;1-5(2)7-6(3)4;1-4-5-7-6(2)3/h6-8H,9H2,1-5H3;6-8H,1-5H3;5-8H,1-4H3;8H,6-7H2,1-5H3;2*7H,6H2,1-5H3;5-7H2,1-4H3;6H,1-5H3;2*5-6H2,1-4H3;6-7H,5H2,1-4H3;5-6H,1-4H3;6H,4-5H2,1-3H3. The highest BCUT2D eigenvalue weighted by atomic mass is 32.2. The van der Waals surface area contributed by atoms with Gasteiger partial charge in [0.05, 0.1) is 105 Å². The Kier molecular flexibility index (Phi) is 88.2. The van der Waals surface area contributed by atoms with Crippen molar-refractivity contribution in [2.24, 2.45) is 27.1 Å². The van der Waals surface area contributed by atoms with Crippen molar-refractivity contribution in [1.29, 1.82) is 0 Å². The maximum absolute atomic E-state index is 5.76. The summed E-state index contributed by atoms with van der Waals surface area (Å²) in [6.45, 7) is 128. The van der Waals surface area contributed by atoms with E-state index in [9.17, 15) is 0 Å². The molecule has 122 heavy (non-hydrogen) atoms. The Morgan fingerprint density at radius 2 is 0.607 bits per heavy atom. The lowest BCUT2D eigenvalue weighted by Crippen LogP contribution is -2.24. The third kappa shape index (κ3) is 146. The molecule has 3 unspecified atom stereocenters. The molecule has 0 saturated carbocycles. The lowest BCUT2D eigenvalue weighted by Gasteiger charge is -2.23. The van der Waals surface area contributed by atoms with Crippen molar-refractivity contribution in [2.75, 3.05) is 59.5 Å². The number of thioether (sulfide) groups is 1. The molecule has 0 aliphatic heterocycles. The van der Waals surface area contributed by atoms with Crippen LogP contribution in [0.25, 0.3) is 0 Å². The molecular formula is C109H220O12S. The highest BCUT2D eigenvalue weighted by Crippen LogP contribution is 2.26. The van der Waals surface area contributed by atoms with Gasteiger partial charge in [-0.3, -0.25) is 0 Å². The number of hydrogen-bond donors (Lipinski definition) is 0. The molecule has 0 heterocycles. The molecule has 0 aromatic heterocycles. The topological polar surface area (TPSA) is 111 Å². The van der Waals surface area contributed by atoms with Gasteiger partial charge < -0.3 is 56.8 Å². The second kappa shape index (κ2) is 77.0. The summed E-state index contributed by atoms with van der Waals surface area (Å²) in [5.41, 5.74) is 9.22. The average molecular weight is 1760 g/mol. The molecule has 0 aliphatic carbocycles. The van der Waals surface area contributed by atoms with Gasteiger partial charge in [0.2, 0.25) is 0 Å². The van der Waals surface area contributed by atoms with Gasteiger partial charge in [-0.15, -0.1) is 11.8 Å². The molecule has 0 saturated heterocycles. The van der Waals surface area contributed by atoms with Gasteiger partial charge in [-0.25, -0.2) is 0 Å². The van der Waals surface area contributed by atoms with Crippen LogP contribution in [0.4, 0.5) is 0 Å². The first kappa shape index (κ1) is 140. The third-order valence-electron chi connectivity index (χ3n) is 13.6. The van der Waals surface area contributed by atoms with Crippen molar-refractivity contribution in [1.82, 2.24) is 0 Å². The zero-order valence-electron chi connectivity index (χ0n) is 92.9. The second-order valence-electron chi connectivity index (χ2n) is 44.3. The Morgan fingerprint density at radius 3 is 0.811 bits per heavy atom. The largest absolute Gasteiger partial charge is 0.493 e. The predicted octanol–water partition coefficient (Wildman–Crippen LogP) is 33.7. The van der Waals surface area contributed by atoms with E-state index in [1.165, 1.54) is 38.3 Å². The molecule has 0 amide bonds. The van der Waals surface area contributed by atoms with E-state index in [0.717, 1.165) is 109 Å². The molecule has 3 rings (SSSR count). The second-order valence-corrected chi connectivity index (χ2v) is 45.9. The Morgan fingerprint density at radius 1 is 0.279 bits per heavy atom. The Balaban J connectivity index is -0.000000140. The summed E-state index contributed by atoms with van der Waals surface area (Å²) in [4.78, 5) is 1.39. The van der Waals surface area contributed by atoms with Crippen LogP contribution in [0.3, 0.4) is 0 Å². The van der Waals surface area contributed by atoms with Crippen LogP contribution < -0.4 is 9.47 Å². The minimum atomic E-state index is -0.111. The summed E-state index contributed by atoms with van der Waals surface area (Å²) in [5, 5.41) is 0.672. The average Bonchev–Trinajstić information content (AvgIpc) is 0.474. The van der Waals surface area contributed by atoms with Gasteiger partial charge in [0.15, 0.2) is 0 Å². The fourth-order valence-electron chi connectivity index (χ4n) is 9.05. The third-order valence-corrected chi connectivity index (χ3v) is 14.6. The van der Waals surface area contributed by atoms with E-state index in [1.807, 2.05) is 60.2 Å². The molecule has 0 bridgehead atoms. The lowest BCUT2D eigenvalue weighted by atomic mass is 9.98. The van der Waals surface area contributed by atoms with E-state index in [-0.39, 0.29) is 27.8 Å². The van der Waals surface area contributed by atoms with E-state index in [1.54, 1.807) is 0 Å². The molecule has 3 atom stereocenters. The van der Waals surface area contributed by atoms with Gasteiger partial charge >= 0.3 is 0 Å². The quantitative estimate of drug-likeness (QED) is 0.0509. The monoisotopic (exact) mass is 1750 g/mol. The summed E-state index contributed by atoms with van der Waals surface area (Å²) in [6.07, 6.45) is 10.1. The molecule has 0 spiro atoms. The van der Waals surface area contributed by atoms with Crippen molar-refractivity contribution in [2.45, 2.75) is 521 Å². The van der Waals surface area contributed by atoms with E-state index >= 15 is 0 Å². The SMILES string of the molecule is CC(C)OC(C)(C)C.CC(C)OC(C)C.CC(C)OCC(C)(C)C.CCC(C)OC(C)(C)C.CCC(C)OC(C)C.CCC(C)OCC(C)(C)C.CCCOC(C)(C)C.CCCOC(C)C.CCCOCC(C)(C)C.CCOCC(C)(C)C.Cc1cc(C)cc(OC(C)(C)C)c1.Cc1cc(C)cc(OCC(C)(C)C)c1.Cc1cc(C)cc(SC(C)C)c1. The molecule has 0 fully saturated rings. The molecule has 13 heteroatoms. The van der Waals surface area contributed by atoms with Crippen LogP contribution in [0.2, 0.25) is 0 Å². The number of ether oxygens (including phenoxy) is 12. The van der Waals surface area contributed by atoms with E-state index in [2.05, 4.69) is 401 Å². The zero-order valence-corrected chi connectivity index (χ0v) is 93.7. The van der Waals surface area contributed by atoms with E-state index in [4.69, 9.17) is 56.8 Å². The molecule has 12 nitrogen and oxygen atoms in total. The lowest BCUT2D eigenvalue weighted by molar-refractivity contribution is -0.0522. The maximum atomic E-state index is 5.76. The minimum absolute atomic E-state index is 0.0220. The van der Waals surface area contributed by atoms with Crippen LogP contribution in [-0.2, 0) is 47.4 Å². The predicted molar refractivity (Wildman–Crippen MR) is 548 cm³/mol. The molecular weight excluding hydrogens is 1530 g/mol. The first-order chi connectivity index (χ1) is 54.8. The highest BCUT2D eigenvalue weighted by Gasteiger charge is 2.18. The van der Waals surface area contributed by atoms with Gasteiger partial charge in [-0.05, 0) is 371 Å². The first-order valence-electron chi connectivity index (χ1n) is 47.3. The summed E-state index contributed by atoms with van der Waals surface area (Å²) in [5.74, 6) is 1.95. The van der Waals surface area contributed by atoms with Crippen LogP contribution >= 0.6 is 11.8 Å². The van der Waals surface area contributed by atoms with E-state index < -0.39 is 0 Å². The molecule has 3 aromatic carbocycles. The Bertz CT molecular complexity index is 2640. The maximum Gasteiger partial charge on any atom is 0.120 e. The molecule has 734 valence electrons. The summed E-state index contributed by atoms with van der Waals surface area (Å²) >= 11 is 1.93. The molecule has 0 aliphatic rings. The number of rotatable bonds is 28. The van der Waals surface area contributed by atoms with Crippen molar-refractivity contribution in [3.8, 4) is 11.5 Å². The van der Waals surface area contributed by atoms with Gasteiger partial charge in [0, 0.05) is 36.6 Å². The summed E-state index contributed by atoms with van der Waals surface area (Å²) < 4.78 is 65.2. The van der Waals surface area contributed by atoms with Crippen LogP contribution in [0.1, 0.15) is 425 Å². The van der Waals surface area contributed by atoms with Crippen LogP contribution in [0.15, 0.2) is 59.5 Å². The first-order valence-corrected chi connectivity index (χ1v) is 48.2. The molecule has 0 N–H and O–H groups in total. The summed E-state index contributed by atoms with van der Waals surface area (Å²) in [7, 11) is 0. The van der Waals surface area contributed by atoms with Crippen LogP contribution in [0, 0.1) is 68.6 Å². The van der Waals surface area contributed by atoms with Crippen LogP contribution in [-0.4, -0.2) is 142 Å². The minimum Gasteiger partial charge on any atom is -0.493 e. The number of benzene rings is 3. The van der Waals surface area contributed by atoms with E-state index in [0.29, 0.717) is 81.8 Å². The number of hydrogen-bond acceptors (Lipinski definition) is 13. The highest BCUT2D eigenvalue weighted by molar-refractivity contribution is 7.99. The van der Waals surface area contributed by atoms with Gasteiger partial charge in [0.1, 0.15) is 17.1 Å². The summed E-state index contributed by atoms with van der Waals surface area (Å²) in [6, 6.07) is 19.3. The zero-order chi connectivity index (χ0) is 98.6. The van der Waals surface area contributed by atoms with Crippen molar-refractivity contribution >= 4 is 11.8 Å². The van der Waals surface area contributed by atoms with Crippen molar-refractivity contribution < 1.29 is 56.8 Å². The molecule has 3 aromatic rings. The smallest absolute Gasteiger partial charge is 0.120 e. The van der Waals surface area contributed by atoms with Gasteiger partial charge in [-0.1, -0.05) is 177 Å². The van der Waals surface area contributed by atoms with Crippen molar-refractivity contribution in [3.05, 3.63) is 88.0 Å². The van der Waals surface area contributed by atoms with Crippen molar-refractivity contribution in [3.63, 3.8) is 0 Å². The normalized spacial score (nSPS) is 12.4. The Hall–Kier alpha value is -2.79. The fourth-order valence-corrected chi connectivity index (χ4v) is 10.1. The van der Waals surface area contributed by atoms with Gasteiger partial charge in [0.25, 0.3) is 0 Å². The molecule has 0 radical (unpaired) electrons. The van der Waals surface area contributed by atoms with Gasteiger partial charge in [-0.2, -0.15) is 0 Å².